The van der Waals surface area contributed by atoms with Crippen LogP contribution in [-0.2, 0) is 0 Å². The Morgan fingerprint density at radius 3 is 2.57 bits per heavy atom. The molecule has 2 atom stereocenters. The quantitative estimate of drug-likeness (QED) is 0.913. The predicted octanol–water partition coefficient (Wildman–Crippen LogP) is 1.89. The van der Waals surface area contributed by atoms with Crippen molar-refractivity contribution < 1.29 is 0 Å². The van der Waals surface area contributed by atoms with Crippen molar-refractivity contribution in [2.45, 2.75) is 45.1 Å². The molecule has 1 saturated carbocycles. The number of hydrogen-bond acceptors (Lipinski definition) is 6. The standard InChI is InChI=1S/C15H24N6/c1-2-16-13-17-14(20-7-3-4-8-20)19-15(18-13)21-10-11-5-6-12(21)9-11/h11-12H,2-10H2,1H3,(H,16,17,18,19). The zero-order chi connectivity index (χ0) is 14.2. The maximum atomic E-state index is 4.79. The van der Waals surface area contributed by atoms with E-state index in [2.05, 4.69) is 32.0 Å². The van der Waals surface area contributed by atoms with Crippen LogP contribution in [0.3, 0.4) is 0 Å². The molecule has 0 aromatic carbocycles. The van der Waals surface area contributed by atoms with Crippen molar-refractivity contribution in [3.05, 3.63) is 0 Å². The Hall–Kier alpha value is -1.59. The molecule has 3 fully saturated rings. The number of nitrogens with zero attached hydrogens (tertiary/aromatic N) is 5. The summed E-state index contributed by atoms with van der Waals surface area (Å²) in [5.41, 5.74) is 0. The van der Waals surface area contributed by atoms with Crippen molar-refractivity contribution in [2.75, 3.05) is 41.3 Å². The Kier molecular flexibility index (Phi) is 3.31. The van der Waals surface area contributed by atoms with Crippen molar-refractivity contribution in [3.8, 4) is 0 Å². The number of piperidine rings is 1. The van der Waals surface area contributed by atoms with Crippen molar-refractivity contribution in [1.29, 1.82) is 0 Å². The molecular formula is C15H24N6. The van der Waals surface area contributed by atoms with Gasteiger partial charge in [0.25, 0.3) is 0 Å². The predicted molar refractivity (Wildman–Crippen MR) is 83.9 cm³/mol. The molecule has 2 aliphatic heterocycles. The first-order chi connectivity index (χ1) is 10.3. The van der Waals surface area contributed by atoms with Crippen LogP contribution in [0, 0.1) is 5.92 Å². The third kappa shape index (κ3) is 2.40. The van der Waals surface area contributed by atoms with Crippen LogP contribution < -0.4 is 15.1 Å². The van der Waals surface area contributed by atoms with E-state index in [-0.39, 0.29) is 0 Å². The average molecular weight is 288 g/mol. The van der Waals surface area contributed by atoms with Gasteiger partial charge in [0.1, 0.15) is 0 Å². The molecule has 3 heterocycles. The van der Waals surface area contributed by atoms with Gasteiger partial charge < -0.3 is 15.1 Å². The highest BCUT2D eigenvalue weighted by molar-refractivity contribution is 5.47. The molecule has 0 radical (unpaired) electrons. The average Bonchev–Trinajstić information content (AvgIpc) is 3.24. The Labute approximate surface area is 126 Å². The summed E-state index contributed by atoms with van der Waals surface area (Å²) in [6, 6.07) is 0.651. The number of anilines is 3. The minimum absolute atomic E-state index is 0.651. The molecule has 2 unspecified atom stereocenters. The fourth-order valence-electron chi connectivity index (χ4n) is 3.95. The van der Waals surface area contributed by atoms with E-state index < -0.39 is 0 Å². The lowest BCUT2D eigenvalue weighted by Gasteiger charge is -2.28. The second kappa shape index (κ2) is 5.31. The number of fused-ring (bicyclic) bond motifs is 2. The van der Waals surface area contributed by atoms with Gasteiger partial charge in [-0.1, -0.05) is 0 Å². The lowest BCUT2D eigenvalue weighted by atomic mass is 10.1. The van der Waals surface area contributed by atoms with E-state index in [4.69, 9.17) is 4.98 Å². The van der Waals surface area contributed by atoms with E-state index >= 15 is 0 Å². The van der Waals surface area contributed by atoms with E-state index in [1.165, 1.54) is 32.1 Å². The lowest BCUT2D eigenvalue weighted by molar-refractivity contribution is 0.546. The number of rotatable bonds is 4. The van der Waals surface area contributed by atoms with Crippen LogP contribution in [0.4, 0.5) is 17.8 Å². The molecule has 114 valence electrons. The normalized spacial score (nSPS) is 27.7. The zero-order valence-electron chi connectivity index (χ0n) is 12.8. The molecule has 21 heavy (non-hydrogen) atoms. The summed E-state index contributed by atoms with van der Waals surface area (Å²) in [5, 5.41) is 3.26. The Morgan fingerprint density at radius 1 is 1.10 bits per heavy atom. The van der Waals surface area contributed by atoms with Gasteiger partial charge in [-0.05, 0) is 44.9 Å². The van der Waals surface area contributed by atoms with Crippen molar-refractivity contribution >= 4 is 17.8 Å². The maximum absolute atomic E-state index is 4.79. The van der Waals surface area contributed by atoms with Gasteiger partial charge >= 0.3 is 0 Å². The van der Waals surface area contributed by atoms with Crippen molar-refractivity contribution in [3.63, 3.8) is 0 Å². The summed E-state index contributed by atoms with van der Waals surface area (Å²) in [6.07, 6.45) is 6.48. The molecule has 2 bridgehead atoms. The van der Waals surface area contributed by atoms with Gasteiger partial charge in [-0.2, -0.15) is 15.0 Å². The highest BCUT2D eigenvalue weighted by Gasteiger charge is 2.39. The minimum Gasteiger partial charge on any atom is -0.354 e. The van der Waals surface area contributed by atoms with Crippen LogP contribution in [0.2, 0.25) is 0 Å². The molecule has 1 aromatic rings. The molecule has 1 aliphatic carbocycles. The number of hydrogen-bond donors (Lipinski definition) is 1. The van der Waals surface area contributed by atoms with Crippen LogP contribution in [0.5, 0.6) is 0 Å². The third-order valence-electron chi connectivity index (χ3n) is 5.00. The Bertz CT molecular complexity index is 513. The fraction of sp³-hybridized carbons (Fsp3) is 0.800. The van der Waals surface area contributed by atoms with Crippen LogP contribution in [0.25, 0.3) is 0 Å². The van der Waals surface area contributed by atoms with Crippen molar-refractivity contribution in [1.82, 2.24) is 15.0 Å². The highest BCUT2D eigenvalue weighted by Crippen LogP contribution is 2.39. The molecule has 1 aromatic heterocycles. The summed E-state index contributed by atoms with van der Waals surface area (Å²) in [4.78, 5) is 18.8. The molecule has 2 saturated heterocycles. The van der Waals surface area contributed by atoms with Gasteiger partial charge in [-0.25, -0.2) is 0 Å². The zero-order valence-corrected chi connectivity index (χ0v) is 12.8. The van der Waals surface area contributed by atoms with Crippen molar-refractivity contribution in [2.24, 2.45) is 5.92 Å². The maximum Gasteiger partial charge on any atom is 0.232 e. The third-order valence-corrected chi connectivity index (χ3v) is 5.00. The largest absolute Gasteiger partial charge is 0.354 e. The SMILES string of the molecule is CCNc1nc(N2CCCC2)nc(N2CC3CCC2C3)n1. The molecule has 6 heteroatoms. The van der Waals surface area contributed by atoms with Gasteiger partial charge in [-0.3, -0.25) is 0 Å². The topological polar surface area (TPSA) is 57.2 Å². The highest BCUT2D eigenvalue weighted by atomic mass is 15.4. The Morgan fingerprint density at radius 2 is 1.90 bits per heavy atom. The Balaban J connectivity index is 1.65. The molecular weight excluding hydrogens is 264 g/mol. The number of aromatic nitrogens is 3. The molecule has 0 spiro atoms. The summed E-state index contributed by atoms with van der Waals surface area (Å²) < 4.78 is 0. The summed E-state index contributed by atoms with van der Waals surface area (Å²) in [7, 11) is 0. The number of nitrogens with one attached hydrogen (secondary N) is 1. The van der Waals surface area contributed by atoms with E-state index in [1.807, 2.05) is 0 Å². The van der Waals surface area contributed by atoms with Crippen LogP contribution in [0.1, 0.15) is 39.0 Å². The van der Waals surface area contributed by atoms with Crippen LogP contribution in [-0.4, -0.2) is 47.2 Å². The summed E-state index contributed by atoms with van der Waals surface area (Å²) in [5.74, 6) is 3.32. The molecule has 0 amide bonds. The van der Waals surface area contributed by atoms with Crippen LogP contribution >= 0.6 is 0 Å². The van der Waals surface area contributed by atoms with Gasteiger partial charge in [0.2, 0.25) is 17.8 Å². The smallest absolute Gasteiger partial charge is 0.232 e. The van der Waals surface area contributed by atoms with E-state index in [9.17, 15) is 0 Å². The summed E-state index contributed by atoms with van der Waals surface area (Å²) >= 11 is 0. The van der Waals surface area contributed by atoms with Crippen LogP contribution in [0.15, 0.2) is 0 Å². The lowest BCUT2D eigenvalue weighted by Crippen LogP contribution is -2.34. The molecule has 4 rings (SSSR count). The fourth-order valence-corrected chi connectivity index (χ4v) is 3.95. The second-order valence-corrected chi connectivity index (χ2v) is 6.47. The van der Waals surface area contributed by atoms with E-state index in [0.29, 0.717) is 6.04 Å². The van der Waals surface area contributed by atoms with E-state index in [0.717, 1.165) is 49.9 Å². The minimum atomic E-state index is 0.651. The van der Waals surface area contributed by atoms with Gasteiger partial charge in [0.05, 0.1) is 0 Å². The molecule has 3 aliphatic rings. The van der Waals surface area contributed by atoms with Gasteiger partial charge in [-0.15, -0.1) is 0 Å². The molecule has 6 nitrogen and oxygen atoms in total. The first kappa shape index (κ1) is 13.1. The van der Waals surface area contributed by atoms with Gasteiger partial charge in [0.15, 0.2) is 0 Å². The van der Waals surface area contributed by atoms with Gasteiger partial charge in [0, 0.05) is 32.2 Å². The van der Waals surface area contributed by atoms with E-state index in [1.54, 1.807) is 0 Å². The monoisotopic (exact) mass is 288 g/mol. The summed E-state index contributed by atoms with van der Waals surface area (Å²) in [6.45, 7) is 6.19. The first-order valence-corrected chi connectivity index (χ1v) is 8.35. The molecule has 1 N–H and O–H groups in total. The first-order valence-electron chi connectivity index (χ1n) is 8.35. The second-order valence-electron chi connectivity index (χ2n) is 6.47.